The Morgan fingerprint density at radius 2 is 2.05 bits per heavy atom. The number of nitrogens with two attached hydrogens (primary N) is 1. The minimum Gasteiger partial charge on any atom is -0.496 e. The van der Waals surface area contributed by atoms with Gasteiger partial charge in [0.25, 0.3) is 0 Å². The van der Waals surface area contributed by atoms with Gasteiger partial charge in [-0.15, -0.1) is 12.4 Å². The van der Waals surface area contributed by atoms with Crippen LogP contribution >= 0.6 is 12.4 Å². The minimum absolute atomic E-state index is 0. The predicted molar refractivity (Wildman–Crippen MR) is 77.6 cm³/mol. The van der Waals surface area contributed by atoms with E-state index in [1.54, 1.807) is 14.2 Å². The van der Waals surface area contributed by atoms with Gasteiger partial charge in [0.2, 0.25) is 0 Å². The van der Waals surface area contributed by atoms with E-state index >= 15 is 0 Å². The van der Waals surface area contributed by atoms with Gasteiger partial charge in [0.05, 0.1) is 27.4 Å². The van der Waals surface area contributed by atoms with Crippen molar-refractivity contribution in [2.24, 2.45) is 5.73 Å². The van der Waals surface area contributed by atoms with Crippen LogP contribution in [0.15, 0.2) is 6.07 Å². The number of benzene rings is 1. The molecule has 1 aromatic rings. The van der Waals surface area contributed by atoms with Crippen molar-refractivity contribution in [1.82, 2.24) is 0 Å². The van der Waals surface area contributed by atoms with Gasteiger partial charge in [-0.2, -0.15) is 0 Å². The largest absolute Gasteiger partial charge is 0.496 e. The first-order chi connectivity index (χ1) is 8.72. The number of fused-ring (bicyclic) bond motifs is 1. The molecule has 108 valence electrons. The second-order valence-electron chi connectivity index (χ2n) is 4.60. The van der Waals surface area contributed by atoms with Gasteiger partial charge >= 0.3 is 0 Å². The first-order valence-electron chi connectivity index (χ1n) is 6.27. The highest BCUT2D eigenvalue weighted by atomic mass is 35.5. The molecule has 1 aromatic carbocycles. The zero-order valence-corrected chi connectivity index (χ0v) is 12.5. The first-order valence-corrected chi connectivity index (χ1v) is 6.27. The van der Waals surface area contributed by atoms with Gasteiger partial charge in [-0.05, 0) is 24.9 Å². The van der Waals surface area contributed by atoms with Crippen LogP contribution in [0, 0.1) is 0 Å². The Labute approximate surface area is 120 Å². The van der Waals surface area contributed by atoms with Crippen molar-refractivity contribution in [2.75, 3.05) is 27.4 Å². The Kier molecular flexibility index (Phi) is 5.91. The second-order valence-corrected chi connectivity index (χ2v) is 4.60. The van der Waals surface area contributed by atoms with Crippen LogP contribution in [0.2, 0.25) is 0 Å². The summed E-state index contributed by atoms with van der Waals surface area (Å²) in [6.07, 6.45) is 0.867. The summed E-state index contributed by atoms with van der Waals surface area (Å²) < 4.78 is 16.6. The molecule has 4 nitrogen and oxygen atoms in total. The summed E-state index contributed by atoms with van der Waals surface area (Å²) in [5, 5.41) is 0. The minimum atomic E-state index is 0. The molecule has 0 saturated carbocycles. The molecule has 5 heteroatoms. The van der Waals surface area contributed by atoms with Gasteiger partial charge in [-0.1, -0.05) is 6.92 Å². The van der Waals surface area contributed by atoms with E-state index < -0.39 is 0 Å². The lowest BCUT2D eigenvalue weighted by atomic mass is 9.92. The molecule has 19 heavy (non-hydrogen) atoms. The average molecular weight is 288 g/mol. The van der Waals surface area contributed by atoms with Crippen LogP contribution in [-0.4, -0.2) is 27.4 Å². The summed E-state index contributed by atoms with van der Waals surface area (Å²) in [6, 6.07) is 2.06. The fourth-order valence-electron chi connectivity index (χ4n) is 2.45. The molecule has 2 rings (SSSR count). The second kappa shape index (κ2) is 6.98. The van der Waals surface area contributed by atoms with Gasteiger partial charge in [0, 0.05) is 16.7 Å². The number of rotatable bonds is 4. The Morgan fingerprint density at radius 1 is 1.32 bits per heavy atom. The molecule has 1 heterocycles. The first kappa shape index (κ1) is 16.1. The summed E-state index contributed by atoms with van der Waals surface area (Å²) >= 11 is 0. The molecule has 1 aliphatic rings. The molecular formula is C14H22ClNO3. The average Bonchev–Trinajstić information content (AvgIpc) is 2.44. The highest BCUT2D eigenvalue weighted by Crippen LogP contribution is 2.40. The van der Waals surface area contributed by atoms with Crippen molar-refractivity contribution >= 4 is 12.4 Å². The highest BCUT2D eigenvalue weighted by molar-refractivity contribution is 5.85. The maximum absolute atomic E-state index is 5.77. The van der Waals surface area contributed by atoms with Crippen molar-refractivity contribution in [1.29, 1.82) is 0 Å². The normalized spacial score (nSPS) is 15.2. The molecule has 0 radical (unpaired) electrons. The predicted octanol–water partition coefficient (Wildman–Crippen LogP) is 2.26. The number of halogens is 1. The molecule has 0 spiro atoms. The van der Waals surface area contributed by atoms with Crippen LogP contribution in [0.4, 0.5) is 0 Å². The fourth-order valence-corrected chi connectivity index (χ4v) is 2.45. The highest BCUT2D eigenvalue weighted by Gasteiger charge is 2.24. The Morgan fingerprint density at radius 3 is 2.63 bits per heavy atom. The van der Waals surface area contributed by atoms with Crippen LogP contribution < -0.4 is 15.2 Å². The van der Waals surface area contributed by atoms with E-state index in [1.165, 1.54) is 5.56 Å². The van der Waals surface area contributed by atoms with E-state index in [1.807, 2.05) is 0 Å². The number of hydrogen-bond donors (Lipinski definition) is 1. The van der Waals surface area contributed by atoms with Gasteiger partial charge < -0.3 is 19.9 Å². The molecule has 1 unspecified atom stereocenters. The quantitative estimate of drug-likeness (QED) is 0.923. The summed E-state index contributed by atoms with van der Waals surface area (Å²) in [7, 11) is 3.40. The van der Waals surface area contributed by atoms with Crippen LogP contribution in [0.25, 0.3) is 0 Å². The van der Waals surface area contributed by atoms with Gasteiger partial charge in [-0.3, -0.25) is 0 Å². The molecule has 0 bridgehead atoms. The van der Waals surface area contributed by atoms with E-state index in [-0.39, 0.29) is 18.3 Å². The maximum Gasteiger partial charge on any atom is 0.128 e. The van der Waals surface area contributed by atoms with Gasteiger partial charge in [0.15, 0.2) is 0 Å². The van der Waals surface area contributed by atoms with E-state index in [4.69, 9.17) is 19.9 Å². The smallest absolute Gasteiger partial charge is 0.128 e. The van der Waals surface area contributed by atoms with Crippen LogP contribution in [-0.2, 0) is 17.8 Å². The molecule has 1 aliphatic heterocycles. The zero-order chi connectivity index (χ0) is 13.1. The Bertz CT molecular complexity index is 437. The zero-order valence-electron chi connectivity index (χ0n) is 11.7. The lowest BCUT2D eigenvalue weighted by molar-refractivity contribution is 0.107. The molecular weight excluding hydrogens is 266 g/mol. The Balaban J connectivity index is 0.00000180. The molecule has 0 saturated heterocycles. The fraction of sp³-hybridized carbons (Fsp3) is 0.571. The van der Waals surface area contributed by atoms with E-state index in [0.717, 1.165) is 35.7 Å². The molecule has 0 aromatic heterocycles. The summed E-state index contributed by atoms with van der Waals surface area (Å²) in [5.74, 6) is 2.06. The van der Waals surface area contributed by atoms with Gasteiger partial charge in [0.1, 0.15) is 11.5 Å². The summed E-state index contributed by atoms with van der Waals surface area (Å²) in [4.78, 5) is 0. The molecule has 2 N–H and O–H groups in total. The lowest BCUT2D eigenvalue weighted by Crippen LogP contribution is -2.16. The number of ether oxygens (including phenoxy) is 3. The maximum atomic E-state index is 5.77. The third kappa shape index (κ3) is 2.96. The standard InChI is InChI=1S/C14H21NO3.ClH/c1-9(7-15)11-6-13(16-2)10-4-5-18-8-12(10)14(11)17-3;/h6,9H,4-5,7-8,15H2,1-3H3;1H. The van der Waals surface area contributed by atoms with E-state index in [0.29, 0.717) is 13.2 Å². The van der Waals surface area contributed by atoms with Crippen molar-refractivity contribution in [2.45, 2.75) is 25.9 Å². The molecule has 0 amide bonds. The monoisotopic (exact) mass is 287 g/mol. The summed E-state index contributed by atoms with van der Waals surface area (Å²) in [6.45, 7) is 3.99. The van der Waals surface area contributed by atoms with Crippen molar-refractivity contribution in [3.8, 4) is 11.5 Å². The molecule has 0 fully saturated rings. The van der Waals surface area contributed by atoms with Crippen LogP contribution in [0.5, 0.6) is 11.5 Å². The van der Waals surface area contributed by atoms with Crippen molar-refractivity contribution in [3.63, 3.8) is 0 Å². The van der Waals surface area contributed by atoms with E-state index in [9.17, 15) is 0 Å². The topological polar surface area (TPSA) is 53.7 Å². The number of hydrogen-bond acceptors (Lipinski definition) is 4. The van der Waals surface area contributed by atoms with Crippen molar-refractivity contribution in [3.05, 3.63) is 22.8 Å². The van der Waals surface area contributed by atoms with Gasteiger partial charge in [-0.25, -0.2) is 0 Å². The molecule has 0 aliphatic carbocycles. The lowest BCUT2D eigenvalue weighted by Gasteiger charge is -2.25. The Hall–Kier alpha value is -0.970. The van der Waals surface area contributed by atoms with Crippen LogP contribution in [0.1, 0.15) is 29.5 Å². The third-order valence-electron chi connectivity index (χ3n) is 3.54. The van der Waals surface area contributed by atoms with E-state index in [2.05, 4.69) is 13.0 Å². The SMILES string of the molecule is COc1cc(C(C)CN)c(OC)c2c1CCOC2.Cl. The number of methoxy groups -OCH3 is 2. The third-order valence-corrected chi connectivity index (χ3v) is 3.54. The van der Waals surface area contributed by atoms with Crippen molar-refractivity contribution < 1.29 is 14.2 Å². The molecule has 1 atom stereocenters. The van der Waals surface area contributed by atoms with Crippen LogP contribution in [0.3, 0.4) is 0 Å². The summed E-state index contributed by atoms with van der Waals surface area (Å²) in [5.41, 5.74) is 9.18.